The number of nitrogens with zero attached hydrogens (tertiary/aromatic N) is 1. The molecule has 1 aliphatic heterocycles. The van der Waals surface area contributed by atoms with E-state index in [0.717, 1.165) is 13.1 Å². The minimum absolute atomic E-state index is 0.407. The van der Waals surface area contributed by atoms with Crippen LogP contribution in [-0.2, 0) is 5.88 Å². The minimum atomic E-state index is 0.407. The average molecular weight is 270 g/mol. The second-order valence-electron chi connectivity index (χ2n) is 5.11. The molecule has 2 rings (SSSR count). The van der Waals surface area contributed by atoms with Crippen molar-refractivity contribution in [3.05, 3.63) is 29.8 Å². The van der Waals surface area contributed by atoms with Crippen molar-refractivity contribution in [3.63, 3.8) is 0 Å². The molecule has 0 aliphatic carbocycles. The van der Waals surface area contributed by atoms with Crippen LogP contribution in [0, 0.1) is 0 Å². The van der Waals surface area contributed by atoms with Gasteiger partial charge < -0.3 is 4.90 Å². The lowest BCUT2D eigenvalue weighted by molar-refractivity contribution is 0.637. The fourth-order valence-corrected chi connectivity index (χ4v) is 3.52. The zero-order valence-electron chi connectivity index (χ0n) is 10.6. The highest BCUT2D eigenvalue weighted by Gasteiger charge is 2.24. The van der Waals surface area contributed by atoms with Crippen molar-refractivity contribution in [2.45, 2.75) is 30.9 Å². The SMILES string of the molecule is CC1(C)CCN(c2ccccc2CCl)CCS1. The van der Waals surface area contributed by atoms with Crippen LogP contribution in [0.25, 0.3) is 0 Å². The Bertz CT molecular complexity index is 378. The average Bonchev–Trinajstić information content (AvgIpc) is 2.50. The van der Waals surface area contributed by atoms with E-state index in [-0.39, 0.29) is 0 Å². The lowest BCUT2D eigenvalue weighted by Crippen LogP contribution is -2.27. The highest BCUT2D eigenvalue weighted by molar-refractivity contribution is 8.00. The van der Waals surface area contributed by atoms with Gasteiger partial charge in [-0.05, 0) is 18.1 Å². The number of benzene rings is 1. The van der Waals surface area contributed by atoms with Gasteiger partial charge in [-0.15, -0.1) is 11.6 Å². The Balaban J connectivity index is 2.17. The summed E-state index contributed by atoms with van der Waals surface area (Å²) in [4.78, 5) is 2.49. The molecule has 1 aromatic rings. The number of hydrogen-bond acceptors (Lipinski definition) is 2. The first-order valence-corrected chi connectivity index (χ1v) is 7.67. The summed E-state index contributed by atoms with van der Waals surface area (Å²) < 4.78 is 0.407. The van der Waals surface area contributed by atoms with Crippen LogP contribution in [0.3, 0.4) is 0 Å². The van der Waals surface area contributed by atoms with Crippen LogP contribution in [0.15, 0.2) is 24.3 Å². The summed E-state index contributed by atoms with van der Waals surface area (Å²) in [6, 6.07) is 8.50. The first-order valence-electron chi connectivity index (χ1n) is 6.15. The number of para-hydroxylation sites is 1. The molecule has 1 heterocycles. The van der Waals surface area contributed by atoms with Gasteiger partial charge in [0.05, 0.1) is 0 Å². The largest absolute Gasteiger partial charge is 0.370 e. The Hall–Kier alpha value is -0.340. The van der Waals surface area contributed by atoms with Gasteiger partial charge in [-0.1, -0.05) is 32.0 Å². The molecule has 1 saturated heterocycles. The number of thioether (sulfide) groups is 1. The zero-order valence-corrected chi connectivity index (χ0v) is 12.2. The Labute approximate surface area is 114 Å². The van der Waals surface area contributed by atoms with Crippen LogP contribution in [0.4, 0.5) is 5.69 Å². The predicted octanol–water partition coefficient (Wildman–Crippen LogP) is 4.15. The molecule has 0 saturated carbocycles. The van der Waals surface area contributed by atoms with E-state index in [1.54, 1.807) is 0 Å². The van der Waals surface area contributed by atoms with E-state index in [2.05, 4.69) is 54.8 Å². The number of rotatable bonds is 2. The molecule has 1 aromatic carbocycles. The number of hydrogen-bond donors (Lipinski definition) is 0. The molecule has 0 amide bonds. The van der Waals surface area contributed by atoms with E-state index in [0.29, 0.717) is 10.6 Å². The molecule has 0 N–H and O–H groups in total. The van der Waals surface area contributed by atoms with Gasteiger partial charge in [-0.2, -0.15) is 11.8 Å². The fourth-order valence-electron chi connectivity index (χ4n) is 2.19. The Morgan fingerprint density at radius 3 is 2.82 bits per heavy atom. The summed E-state index contributed by atoms with van der Waals surface area (Å²) in [5.74, 6) is 1.80. The Kier molecular flexibility index (Phi) is 4.26. The van der Waals surface area contributed by atoms with Gasteiger partial charge in [0.1, 0.15) is 0 Å². The van der Waals surface area contributed by atoms with Crippen molar-refractivity contribution in [1.82, 2.24) is 0 Å². The molecule has 1 fully saturated rings. The van der Waals surface area contributed by atoms with Crippen molar-refractivity contribution in [2.24, 2.45) is 0 Å². The molecule has 0 spiro atoms. The highest BCUT2D eigenvalue weighted by Crippen LogP contribution is 2.33. The van der Waals surface area contributed by atoms with Crippen molar-refractivity contribution < 1.29 is 0 Å². The summed E-state index contributed by atoms with van der Waals surface area (Å²) in [6.45, 7) is 6.94. The van der Waals surface area contributed by atoms with Gasteiger partial charge in [0.2, 0.25) is 0 Å². The molecule has 0 bridgehead atoms. The van der Waals surface area contributed by atoms with Gasteiger partial charge >= 0.3 is 0 Å². The third-order valence-electron chi connectivity index (χ3n) is 3.31. The van der Waals surface area contributed by atoms with Crippen molar-refractivity contribution >= 4 is 29.1 Å². The van der Waals surface area contributed by atoms with Gasteiger partial charge in [0.25, 0.3) is 0 Å². The number of alkyl halides is 1. The molecule has 3 heteroatoms. The lowest BCUT2D eigenvalue weighted by atomic mass is 10.1. The monoisotopic (exact) mass is 269 g/mol. The van der Waals surface area contributed by atoms with Gasteiger partial charge in [0, 0.05) is 35.2 Å². The molecule has 17 heavy (non-hydrogen) atoms. The maximum atomic E-state index is 6.02. The first-order chi connectivity index (χ1) is 8.12. The summed E-state index contributed by atoms with van der Waals surface area (Å²) in [7, 11) is 0. The highest BCUT2D eigenvalue weighted by atomic mass is 35.5. The molecular weight excluding hydrogens is 250 g/mol. The summed E-state index contributed by atoms with van der Waals surface area (Å²) in [5, 5.41) is 0. The molecule has 1 aliphatic rings. The maximum Gasteiger partial charge on any atom is 0.0494 e. The van der Waals surface area contributed by atoms with E-state index >= 15 is 0 Å². The van der Waals surface area contributed by atoms with Gasteiger partial charge in [0.15, 0.2) is 0 Å². The van der Waals surface area contributed by atoms with Crippen molar-refractivity contribution in [1.29, 1.82) is 0 Å². The minimum Gasteiger partial charge on any atom is -0.370 e. The zero-order chi connectivity index (χ0) is 12.3. The van der Waals surface area contributed by atoms with Crippen LogP contribution >= 0.6 is 23.4 Å². The normalized spacial score (nSPS) is 20.1. The molecule has 0 aromatic heterocycles. The molecule has 1 nitrogen and oxygen atoms in total. The van der Waals surface area contributed by atoms with Crippen LogP contribution < -0.4 is 4.90 Å². The third kappa shape index (κ3) is 3.32. The van der Waals surface area contributed by atoms with E-state index in [9.17, 15) is 0 Å². The maximum absolute atomic E-state index is 6.02. The molecule has 0 atom stereocenters. The number of halogens is 1. The third-order valence-corrected chi connectivity index (χ3v) is 4.97. The number of anilines is 1. The molecule has 0 unspecified atom stereocenters. The summed E-state index contributed by atoms with van der Waals surface area (Å²) in [5.41, 5.74) is 2.57. The standard InChI is InChI=1S/C14H20ClNS/c1-14(2)7-8-16(9-10-17-14)13-6-4-3-5-12(13)11-15/h3-6H,7-11H2,1-2H3. The Morgan fingerprint density at radius 2 is 2.06 bits per heavy atom. The predicted molar refractivity (Wildman–Crippen MR) is 79.4 cm³/mol. The van der Waals surface area contributed by atoms with Crippen molar-refractivity contribution in [2.75, 3.05) is 23.7 Å². The first kappa shape index (κ1) is 13.1. The quantitative estimate of drug-likeness (QED) is 0.742. The van der Waals surface area contributed by atoms with Gasteiger partial charge in [-0.3, -0.25) is 0 Å². The van der Waals surface area contributed by atoms with E-state index < -0.39 is 0 Å². The van der Waals surface area contributed by atoms with Crippen molar-refractivity contribution in [3.8, 4) is 0 Å². The smallest absolute Gasteiger partial charge is 0.0494 e. The van der Waals surface area contributed by atoms with E-state index in [4.69, 9.17) is 11.6 Å². The summed E-state index contributed by atoms with van der Waals surface area (Å²) in [6.07, 6.45) is 1.23. The van der Waals surface area contributed by atoms with E-state index in [1.807, 2.05) is 0 Å². The fraction of sp³-hybridized carbons (Fsp3) is 0.571. The van der Waals surface area contributed by atoms with E-state index in [1.165, 1.54) is 23.4 Å². The molecule has 94 valence electrons. The van der Waals surface area contributed by atoms with Crippen LogP contribution in [0.2, 0.25) is 0 Å². The Morgan fingerprint density at radius 1 is 1.29 bits per heavy atom. The molecule has 0 radical (unpaired) electrons. The second-order valence-corrected chi connectivity index (χ2v) is 7.18. The lowest BCUT2D eigenvalue weighted by Gasteiger charge is -2.26. The van der Waals surface area contributed by atoms with Crippen LogP contribution in [-0.4, -0.2) is 23.6 Å². The van der Waals surface area contributed by atoms with Gasteiger partial charge in [-0.25, -0.2) is 0 Å². The second kappa shape index (κ2) is 5.53. The topological polar surface area (TPSA) is 3.24 Å². The van der Waals surface area contributed by atoms with Crippen LogP contribution in [0.1, 0.15) is 25.8 Å². The molecular formula is C14H20ClNS. The summed E-state index contributed by atoms with van der Waals surface area (Å²) >= 11 is 8.09. The van der Waals surface area contributed by atoms with Crippen LogP contribution in [0.5, 0.6) is 0 Å².